The van der Waals surface area contributed by atoms with Crippen LogP contribution < -0.4 is 10.6 Å². The fraction of sp³-hybridized carbons (Fsp3) is 0.364. The Hall–Kier alpha value is -4.13. The average Bonchev–Trinajstić information content (AvgIpc) is 2.90. The second kappa shape index (κ2) is 13.8. The molecular weight excluding hydrogens is 502 g/mol. The minimum absolute atomic E-state index is 0.251. The van der Waals surface area contributed by atoms with Crippen molar-refractivity contribution in [3.8, 4) is 0 Å². The van der Waals surface area contributed by atoms with E-state index in [9.17, 15) is 14.4 Å². The van der Waals surface area contributed by atoms with E-state index in [1.807, 2.05) is 99.6 Å². The van der Waals surface area contributed by atoms with Crippen LogP contribution in [0.15, 0.2) is 78.9 Å². The molecule has 2 N–H and O–H groups in total. The van der Waals surface area contributed by atoms with Crippen molar-refractivity contribution in [1.82, 2.24) is 15.5 Å². The number of rotatable bonds is 10. The standard InChI is InChI=1S/C33H41N3O4/c1-7-36(31(38)27(21-25-17-10-8-11-18-25)35-32(39)40-33(4,5)6)29(28-23(2)15-14-16-24(28)3)30(37)34-22-26-19-12-9-13-20-26/h8-20,27,29H,7,21-22H2,1-6H3,(H,34,37)(H,35,39). The van der Waals surface area contributed by atoms with Gasteiger partial charge >= 0.3 is 6.09 Å². The Labute approximate surface area is 237 Å². The Bertz CT molecular complexity index is 1270. The zero-order chi connectivity index (χ0) is 29.3. The molecule has 0 saturated heterocycles. The maximum atomic E-state index is 14.3. The molecule has 0 saturated carbocycles. The molecule has 0 aliphatic carbocycles. The van der Waals surface area contributed by atoms with E-state index in [2.05, 4.69) is 10.6 Å². The largest absolute Gasteiger partial charge is 0.444 e. The average molecular weight is 544 g/mol. The fourth-order valence-electron chi connectivity index (χ4n) is 4.73. The van der Waals surface area contributed by atoms with Crippen molar-refractivity contribution < 1.29 is 19.1 Å². The van der Waals surface area contributed by atoms with Crippen molar-refractivity contribution in [2.75, 3.05) is 6.54 Å². The summed E-state index contributed by atoms with van der Waals surface area (Å²) in [5, 5.41) is 5.82. The van der Waals surface area contributed by atoms with Gasteiger partial charge in [-0.2, -0.15) is 0 Å². The van der Waals surface area contributed by atoms with Crippen LogP contribution in [0.4, 0.5) is 4.79 Å². The van der Waals surface area contributed by atoms with E-state index in [-0.39, 0.29) is 24.8 Å². The molecule has 0 radical (unpaired) electrons. The van der Waals surface area contributed by atoms with Gasteiger partial charge in [-0.15, -0.1) is 0 Å². The van der Waals surface area contributed by atoms with Crippen molar-refractivity contribution >= 4 is 17.9 Å². The zero-order valence-corrected chi connectivity index (χ0v) is 24.4. The number of hydrogen-bond donors (Lipinski definition) is 2. The lowest BCUT2D eigenvalue weighted by atomic mass is 9.93. The highest BCUT2D eigenvalue weighted by atomic mass is 16.6. The predicted molar refractivity (Wildman–Crippen MR) is 158 cm³/mol. The molecule has 212 valence electrons. The van der Waals surface area contributed by atoms with Crippen LogP contribution in [0.2, 0.25) is 0 Å². The smallest absolute Gasteiger partial charge is 0.408 e. The highest BCUT2D eigenvalue weighted by molar-refractivity contribution is 5.92. The Morgan fingerprint density at radius 1 is 0.825 bits per heavy atom. The minimum Gasteiger partial charge on any atom is -0.444 e. The number of benzene rings is 3. The number of nitrogens with zero attached hydrogens (tertiary/aromatic N) is 1. The van der Waals surface area contributed by atoms with Gasteiger partial charge in [0, 0.05) is 19.5 Å². The molecule has 40 heavy (non-hydrogen) atoms. The molecule has 0 spiro atoms. The summed E-state index contributed by atoms with van der Waals surface area (Å²) in [5.74, 6) is -0.646. The third kappa shape index (κ3) is 8.43. The molecule has 3 aromatic carbocycles. The van der Waals surface area contributed by atoms with Crippen molar-refractivity contribution in [3.05, 3.63) is 107 Å². The third-order valence-corrected chi connectivity index (χ3v) is 6.58. The Balaban J connectivity index is 1.99. The van der Waals surface area contributed by atoms with Crippen LogP contribution in [0.1, 0.15) is 61.6 Å². The monoisotopic (exact) mass is 543 g/mol. The number of ether oxygens (including phenoxy) is 1. The Morgan fingerprint density at radius 2 is 1.38 bits per heavy atom. The lowest BCUT2D eigenvalue weighted by molar-refractivity contribution is -0.142. The SMILES string of the molecule is CCN(C(=O)C(Cc1ccccc1)NC(=O)OC(C)(C)C)C(C(=O)NCc1ccccc1)c1c(C)cccc1C. The van der Waals surface area contributed by atoms with Gasteiger partial charge in [0.15, 0.2) is 0 Å². The Kier molecular flexibility index (Phi) is 10.5. The summed E-state index contributed by atoms with van der Waals surface area (Å²) >= 11 is 0. The molecule has 2 atom stereocenters. The van der Waals surface area contributed by atoms with Crippen LogP contribution in [0.5, 0.6) is 0 Å². The maximum Gasteiger partial charge on any atom is 0.408 e. The summed E-state index contributed by atoms with van der Waals surface area (Å²) in [6.45, 7) is 11.6. The molecular formula is C33H41N3O4. The molecule has 0 aliphatic rings. The molecule has 0 heterocycles. The van der Waals surface area contributed by atoms with Gasteiger partial charge in [-0.05, 0) is 69.4 Å². The summed E-state index contributed by atoms with van der Waals surface area (Å²) in [5.41, 5.74) is 3.70. The summed E-state index contributed by atoms with van der Waals surface area (Å²) < 4.78 is 5.49. The number of likely N-dealkylation sites (N-methyl/N-ethyl adjacent to an activating group) is 1. The number of carbonyl (C=O) groups excluding carboxylic acids is 3. The van der Waals surface area contributed by atoms with Crippen LogP contribution >= 0.6 is 0 Å². The van der Waals surface area contributed by atoms with Crippen LogP contribution in [-0.2, 0) is 27.3 Å². The van der Waals surface area contributed by atoms with E-state index >= 15 is 0 Å². The van der Waals surface area contributed by atoms with Crippen molar-refractivity contribution in [1.29, 1.82) is 0 Å². The first-order chi connectivity index (χ1) is 19.0. The number of carbonyl (C=O) groups is 3. The van der Waals surface area contributed by atoms with Gasteiger partial charge in [-0.25, -0.2) is 4.79 Å². The van der Waals surface area contributed by atoms with E-state index in [1.165, 1.54) is 0 Å². The molecule has 3 amide bonds. The number of aryl methyl sites for hydroxylation is 2. The Morgan fingerprint density at radius 3 is 1.90 bits per heavy atom. The summed E-state index contributed by atoms with van der Waals surface area (Å²) in [7, 11) is 0. The van der Waals surface area contributed by atoms with Crippen molar-refractivity contribution in [2.45, 2.75) is 72.2 Å². The van der Waals surface area contributed by atoms with E-state index in [0.29, 0.717) is 6.54 Å². The lowest BCUT2D eigenvalue weighted by Gasteiger charge is -2.35. The van der Waals surface area contributed by atoms with E-state index in [1.54, 1.807) is 25.7 Å². The van der Waals surface area contributed by atoms with Crippen LogP contribution in [0.3, 0.4) is 0 Å². The zero-order valence-electron chi connectivity index (χ0n) is 24.4. The van der Waals surface area contributed by atoms with E-state index < -0.39 is 23.8 Å². The number of hydrogen-bond acceptors (Lipinski definition) is 4. The van der Waals surface area contributed by atoms with Crippen molar-refractivity contribution in [2.24, 2.45) is 0 Å². The first kappa shape index (κ1) is 30.4. The van der Waals surface area contributed by atoms with Gasteiger partial charge in [0.1, 0.15) is 17.7 Å². The van der Waals surface area contributed by atoms with E-state index in [4.69, 9.17) is 4.74 Å². The molecule has 0 bridgehead atoms. The normalized spacial score (nSPS) is 12.7. The number of nitrogens with one attached hydrogen (secondary N) is 2. The summed E-state index contributed by atoms with van der Waals surface area (Å²) in [6.07, 6.45) is -0.435. The molecule has 7 heteroatoms. The maximum absolute atomic E-state index is 14.3. The fourth-order valence-corrected chi connectivity index (χ4v) is 4.73. The van der Waals surface area contributed by atoms with Gasteiger partial charge in [-0.3, -0.25) is 9.59 Å². The van der Waals surface area contributed by atoms with Crippen LogP contribution in [0.25, 0.3) is 0 Å². The molecule has 0 aliphatic heterocycles. The molecule has 0 aromatic heterocycles. The molecule has 3 rings (SSSR count). The van der Waals surface area contributed by atoms with E-state index in [0.717, 1.165) is 27.8 Å². The third-order valence-electron chi connectivity index (χ3n) is 6.58. The first-order valence-corrected chi connectivity index (χ1v) is 13.7. The van der Waals surface area contributed by atoms with Crippen LogP contribution in [-0.4, -0.2) is 41.0 Å². The summed E-state index contributed by atoms with van der Waals surface area (Å²) in [6, 6.07) is 23.1. The number of alkyl carbamates (subject to hydrolysis) is 1. The molecule has 7 nitrogen and oxygen atoms in total. The molecule has 0 fully saturated rings. The van der Waals surface area contributed by atoms with Gasteiger partial charge in [0.2, 0.25) is 11.8 Å². The minimum atomic E-state index is -0.939. The summed E-state index contributed by atoms with van der Waals surface area (Å²) in [4.78, 5) is 42.6. The van der Waals surface area contributed by atoms with Crippen molar-refractivity contribution in [3.63, 3.8) is 0 Å². The quantitative estimate of drug-likeness (QED) is 0.346. The highest BCUT2D eigenvalue weighted by Crippen LogP contribution is 2.29. The van der Waals surface area contributed by atoms with Crippen LogP contribution in [0, 0.1) is 13.8 Å². The second-order valence-corrected chi connectivity index (χ2v) is 10.9. The van der Waals surface area contributed by atoms with Gasteiger partial charge < -0.3 is 20.3 Å². The van der Waals surface area contributed by atoms with Gasteiger partial charge in [0.05, 0.1) is 0 Å². The molecule has 3 aromatic rings. The van der Waals surface area contributed by atoms with Gasteiger partial charge in [0.25, 0.3) is 0 Å². The molecule has 2 unspecified atom stereocenters. The topological polar surface area (TPSA) is 87.7 Å². The highest BCUT2D eigenvalue weighted by Gasteiger charge is 2.36. The van der Waals surface area contributed by atoms with Gasteiger partial charge in [-0.1, -0.05) is 78.9 Å². The number of amides is 3. The lowest BCUT2D eigenvalue weighted by Crippen LogP contribution is -2.54. The first-order valence-electron chi connectivity index (χ1n) is 13.7. The predicted octanol–water partition coefficient (Wildman–Crippen LogP) is 5.65. The second-order valence-electron chi connectivity index (χ2n) is 10.9.